The van der Waals surface area contributed by atoms with E-state index in [1.165, 1.54) is 0 Å². The van der Waals surface area contributed by atoms with E-state index in [9.17, 15) is 9.59 Å². The normalized spacial score (nSPS) is 10.0. The van der Waals surface area contributed by atoms with Crippen molar-refractivity contribution in [3.8, 4) is 5.75 Å². The summed E-state index contributed by atoms with van der Waals surface area (Å²) >= 11 is 5.21. The summed E-state index contributed by atoms with van der Waals surface area (Å²) in [6, 6.07) is 23.5. The molecule has 7 heteroatoms. The first-order valence-corrected chi connectivity index (χ1v) is 9.68. The SMILES string of the molecule is Cc1ccccc1OCC(=O)NC(=S)Nc1ccccc1C(=O)Nc1ccccc1. The zero-order chi connectivity index (χ0) is 21.3. The van der Waals surface area contributed by atoms with Gasteiger partial charge in [0.2, 0.25) is 0 Å². The Morgan fingerprint density at radius 2 is 1.53 bits per heavy atom. The van der Waals surface area contributed by atoms with Crippen LogP contribution in [0.25, 0.3) is 0 Å². The number of amides is 2. The summed E-state index contributed by atoms with van der Waals surface area (Å²) < 4.78 is 5.51. The molecule has 0 spiro atoms. The van der Waals surface area contributed by atoms with Crippen LogP contribution in [-0.4, -0.2) is 23.5 Å². The van der Waals surface area contributed by atoms with E-state index in [1.807, 2.05) is 43.3 Å². The molecule has 0 bridgehead atoms. The maximum Gasteiger partial charge on any atom is 0.264 e. The second-order valence-corrected chi connectivity index (χ2v) is 6.83. The van der Waals surface area contributed by atoms with Crippen LogP contribution in [0.15, 0.2) is 78.9 Å². The molecule has 0 saturated heterocycles. The third-order valence-corrected chi connectivity index (χ3v) is 4.36. The van der Waals surface area contributed by atoms with Crippen LogP contribution in [0.3, 0.4) is 0 Å². The van der Waals surface area contributed by atoms with Crippen LogP contribution in [0.5, 0.6) is 5.75 Å². The summed E-state index contributed by atoms with van der Waals surface area (Å²) in [6.07, 6.45) is 0. The van der Waals surface area contributed by atoms with Crippen molar-refractivity contribution in [2.75, 3.05) is 17.2 Å². The molecular weight excluding hydrogens is 398 g/mol. The molecule has 3 N–H and O–H groups in total. The number of anilines is 2. The summed E-state index contributed by atoms with van der Waals surface area (Å²) in [5.41, 5.74) is 2.50. The van der Waals surface area contributed by atoms with Crippen molar-refractivity contribution in [1.29, 1.82) is 0 Å². The van der Waals surface area contributed by atoms with Crippen molar-refractivity contribution in [3.63, 3.8) is 0 Å². The maximum absolute atomic E-state index is 12.6. The Morgan fingerprint density at radius 1 is 0.867 bits per heavy atom. The van der Waals surface area contributed by atoms with Gasteiger partial charge in [0.25, 0.3) is 11.8 Å². The van der Waals surface area contributed by atoms with Gasteiger partial charge in [0.1, 0.15) is 5.75 Å². The molecule has 0 aliphatic heterocycles. The van der Waals surface area contributed by atoms with E-state index in [1.54, 1.807) is 42.5 Å². The lowest BCUT2D eigenvalue weighted by molar-refractivity contribution is -0.121. The molecular formula is C23H21N3O3S. The molecule has 30 heavy (non-hydrogen) atoms. The number of benzene rings is 3. The third-order valence-electron chi connectivity index (χ3n) is 4.16. The van der Waals surface area contributed by atoms with E-state index in [0.717, 1.165) is 5.56 Å². The highest BCUT2D eigenvalue weighted by Crippen LogP contribution is 2.18. The average Bonchev–Trinajstić information content (AvgIpc) is 2.74. The molecule has 0 unspecified atom stereocenters. The van der Waals surface area contributed by atoms with Gasteiger partial charge in [-0.05, 0) is 55.0 Å². The minimum Gasteiger partial charge on any atom is -0.483 e. The van der Waals surface area contributed by atoms with Gasteiger partial charge in [-0.3, -0.25) is 14.9 Å². The van der Waals surface area contributed by atoms with Crippen LogP contribution in [0.2, 0.25) is 0 Å². The molecule has 0 saturated carbocycles. The number of thiocarbonyl (C=S) groups is 1. The lowest BCUT2D eigenvalue weighted by atomic mass is 10.1. The van der Waals surface area contributed by atoms with Crippen LogP contribution in [0.1, 0.15) is 15.9 Å². The Hall–Kier alpha value is -3.71. The van der Waals surface area contributed by atoms with Gasteiger partial charge in [0.15, 0.2) is 11.7 Å². The molecule has 2 amide bonds. The first-order valence-electron chi connectivity index (χ1n) is 9.27. The molecule has 0 heterocycles. The third kappa shape index (κ3) is 5.89. The summed E-state index contributed by atoms with van der Waals surface area (Å²) in [5, 5.41) is 8.36. The predicted octanol–water partition coefficient (Wildman–Crippen LogP) is 4.14. The maximum atomic E-state index is 12.6. The molecule has 0 aliphatic carbocycles. The predicted molar refractivity (Wildman–Crippen MR) is 122 cm³/mol. The van der Waals surface area contributed by atoms with E-state index in [-0.39, 0.29) is 17.6 Å². The number of hydrogen-bond acceptors (Lipinski definition) is 4. The highest BCUT2D eigenvalue weighted by Gasteiger charge is 2.13. The fourth-order valence-corrected chi connectivity index (χ4v) is 2.91. The number of ether oxygens (including phenoxy) is 1. The summed E-state index contributed by atoms with van der Waals surface area (Å²) in [7, 11) is 0. The summed E-state index contributed by atoms with van der Waals surface area (Å²) in [6.45, 7) is 1.72. The van der Waals surface area contributed by atoms with Crippen LogP contribution in [0.4, 0.5) is 11.4 Å². The van der Waals surface area contributed by atoms with Gasteiger partial charge < -0.3 is 15.4 Å². The quantitative estimate of drug-likeness (QED) is 0.524. The minimum atomic E-state index is -0.401. The molecule has 0 aromatic heterocycles. The first kappa shape index (κ1) is 21.0. The zero-order valence-electron chi connectivity index (χ0n) is 16.3. The Labute approximate surface area is 180 Å². The van der Waals surface area contributed by atoms with Gasteiger partial charge in [-0.2, -0.15) is 0 Å². The molecule has 0 fully saturated rings. The Balaban J connectivity index is 1.58. The lowest BCUT2D eigenvalue weighted by Crippen LogP contribution is -2.37. The highest BCUT2D eigenvalue weighted by atomic mass is 32.1. The van der Waals surface area contributed by atoms with Gasteiger partial charge >= 0.3 is 0 Å². The van der Waals surface area contributed by atoms with Crippen molar-refractivity contribution in [2.24, 2.45) is 0 Å². The van der Waals surface area contributed by atoms with Crippen LogP contribution in [0, 0.1) is 6.92 Å². The van der Waals surface area contributed by atoms with Crippen LogP contribution < -0.4 is 20.7 Å². The van der Waals surface area contributed by atoms with E-state index >= 15 is 0 Å². The van der Waals surface area contributed by atoms with E-state index in [4.69, 9.17) is 17.0 Å². The van der Waals surface area contributed by atoms with Gasteiger partial charge in [0.05, 0.1) is 11.3 Å². The standard InChI is InChI=1S/C23H21N3O3S/c1-16-9-5-8-14-20(16)29-15-21(27)26-23(30)25-19-13-7-6-12-18(19)22(28)24-17-10-3-2-4-11-17/h2-14H,15H2,1H3,(H,24,28)(H2,25,26,27,30). The van der Waals surface area contributed by atoms with E-state index in [2.05, 4.69) is 16.0 Å². The highest BCUT2D eigenvalue weighted by molar-refractivity contribution is 7.80. The number of aryl methyl sites for hydroxylation is 1. The number of rotatable bonds is 6. The summed E-state index contributed by atoms with van der Waals surface area (Å²) in [4.78, 5) is 24.8. The molecule has 0 radical (unpaired) electrons. The number of para-hydroxylation sites is 3. The van der Waals surface area contributed by atoms with Crippen molar-refractivity contribution < 1.29 is 14.3 Å². The van der Waals surface area contributed by atoms with Crippen LogP contribution >= 0.6 is 12.2 Å². The van der Waals surface area contributed by atoms with Gasteiger partial charge in [-0.1, -0.05) is 48.5 Å². The molecule has 3 aromatic rings. The number of hydrogen-bond donors (Lipinski definition) is 3. The molecule has 152 valence electrons. The second-order valence-electron chi connectivity index (χ2n) is 6.42. The van der Waals surface area contributed by atoms with Crippen molar-refractivity contribution >= 4 is 40.5 Å². The fraction of sp³-hybridized carbons (Fsp3) is 0.0870. The minimum absolute atomic E-state index is 0.0772. The Bertz CT molecular complexity index is 1050. The lowest BCUT2D eigenvalue weighted by Gasteiger charge is -2.14. The van der Waals surface area contributed by atoms with Crippen LogP contribution in [-0.2, 0) is 4.79 Å². The van der Waals surface area contributed by atoms with Gasteiger partial charge in [0, 0.05) is 5.69 Å². The second kappa shape index (κ2) is 10.2. The summed E-state index contributed by atoms with van der Waals surface area (Å²) in [5.74, 6) is -0.0576. The smallest absolute Gasteiger partial charge is 0.264 e. The van der Waals surface area contributed by atoms with Crippen molar-refractivity contribution in [3.05, 3.63) is 90.0 Å². The monoisotopic (exact) mass is 419 g/mol. The average molecular weight is 420 g/mol. The van der Waals surface area contributed by atoms with Gasteiger partial charge in [-0.25, -0.2) is 0 Å². The number of carbonyl (C=O) groups is 2. The molecule has 0 atom stereocenters. The van der Waals surface area contributed by atoms with Crippen molar-refractivity contribution in [1.82, 2.24) is 5.32 Å². The Kier molecular flexibility index (Phi) is 7.13. The van der Waals surface area contributed by atoms with E-state index in [0.29, 0.717) is 22.7 Å². The topological polar surface area (TPSA) is 79.5 Å². The molecule has 3 aromatic carbocycles. The molecule has 3 rings (SSSR count). The van der Waals surface area contributed by atoms with Gasteiger partial charge in [-0.15, -0.1) is 0 Å². The zero-order valence-corrected chi connectivity index (χ0v) is 17.2. The fourth-order valence-electron chi connectivity index (χ4n) is 2.69. The molecule has 0 aliphatic rings. The first-order chi connectivity index (χ1) is 14.5. The Morgan fingerprint density at radius 3 is 2.30 bits per heavy atom. The van der Waals surface area contributed by atoms with Crippen molar-refractivity contribution in [2.45, 2.75) is 6.92 Å². The molecule has 6 nitrogen and oxygen atoms in total. The number of carbonyl (C=O) groups excluding carboxylic acids is 2. The largest absolute Gasteiger partial charge is 0.483 e. The van der Waals surface area contributed by atoms with E-state index < -0.39 is 5.91 Å². The number of nitrogens with one attached hydrogen (secondary N) is 3.